The van der Waals surface area contributed by atoms with E-state index in [1.807, 2.05) is 42.3 Å². The van der Waals surface area contributed by atoms with Gasteiger partial charge in [0.15, 0.2) is 0 Å². The topological polar surface area (TPSA) is 62.3 Å². The number of carbonyl (C=O) groups is 2. The van der Waals surface area contributed by atoms with E-state index < -0.39 is 0 Å². The maximum Gasteiger partial charge on any atom is 0.409 e. The smallest absolute Gasteiger partial charge is 0.409 e. The van der Waals surface area contributed by atoms with Crippen LogP contribution in [-0.4, -0.2) is 79.2 Å². The molecule has 0 aliphatic carbocycles. The number of rotatable bonds is 7. The standard InChI is InChI=1S/C26H35N3O4S/c1-3-32-26(31)28-14-12-27(13-15-28)17-21-6-8-23(9-7-21)33-19-22-5-4-11-29(18-22)25(30)24-20(2)10-16-34-24/h6-10,16,22H,3-5,11-15,17-19H2,1-2H3. The summed E-state index contributed by atoms with van der Waals surface area (Å²) >= 11 is 1.53. The molecule has 2 fully saturated rings. The molecule has 2 aliphatic heterocycles. The van der Waals surface area contributed by atoms with Gasteiger partial charge in [-0.1, -0.05) is 12.1 Å². The van der Waals surface area contributed by atoms with Gasteiger partial charge in [0.25, 0.3) is 5.91 Å². The molecule has 1 unspecified atom stereocenters. The number of hydrogen-bond acceptors (Lipinski definition) is 6. The molecule has 8 heteroatoms. The van der Waals surface area contributed by atoms with Crippen molar-refractivity contribution in [2.24, 2.45) is 5.92 Å². The number of thiophene rings is 1. The summed E-state index contributed by atoms with van der Waals surface area (Å²) in [7, 11) is 0. The number of amides is 2. The minimum Gasteiger partial charge on any atom is -0.493 e. The average Bonchev–Trinajstić information content (AvgIpc) is 3.29. The predicted octanol–water partition coefficient (Wildman–Crippen LogP) is 4.26. The molecule has 1 atom stereocenters. The fraction of sp³-hybridized carbons (Fsp3) is 0.538. The van der Waals surface area contributed by atoms with Crippen LogP contribution in [0.25, 0.3) is 0 Å². The molecule has 1 aromatic heterocycles. The number of benzene rings is 1. The van der Waals surface area contributed by atoms with Crippen LogP contribution < -0.4 is 4.74 Å². The first-order valence-electron chi connectivity index (χ1n) is 12.2. The zero-order valence-electron chi connectivity index (χ0n) is 20.2. The highest BCUT2D eigenvalue weighted by Crippen LogP contribution is 2.24. The summed E-state index contributed by atoms with van der Waals surface area (Å²) < 4.78 is 11.2. The summed E-state index contributed by atoms with van der Waals surface area (Å²) in [4.78, 5) is 31.7. The van der Waals surface area contributed by atoms with Crippen molar-refractivity contribution in [3.05, 3.63) is 51.7 Å². The normalized spacial score (nSPS) is 19.2. The molecular weight excluding hydrogens is 450 g/mol. The van der Waals surface area contributed by atoms with E-state index in [0.717, 1.165) is 61.8 Å². The molecule has 7 nitrogen and oxygen atoms in total. The lowest BCUT2D eigenvalue weighted by atomic mass is 9.98. The van der Waals surface area contributed by atoms with Crippen molar-refractivity contribution in [2.45, 2.75) is 33.2 Å². The van der Waals surface area contributed by atoms with Crippen molar-refractivity contribution in [2.75, 3.05) is 52.5 Å². The number of carbonyl (C=O) groups excluding carboxylic acids is 2. The van der Waals surface area contributed by atoms with E-state index >= 15 is 0 Å². The molecule has 184 valence electrons. The molecule has 3 heterocycles. The van der Waals surface area contributed by atoms with Crippen molar-refractivity contribution in [1.82, 2.24) is 14.7 Å². The van der Waals surface area contributed by atoms with E-state index in [2.05, 4.69) is 17.0 Å². The highest BCUT2D eigenvalue weighted by Gasteiger charge is 2.26. The van der Waals surface area contributed by atoms with Crippen molar-refractivity contribution < 1.29 is 19.1 Å². The third kappa shape index (κ3) is 6.30. The monoisotopic (exact) mass is 485 g/mol. The first kappa shape index (κ1) is 24.5. The first-order valence-corrected chi connectivity index (χ1v) is 13.1. The zero-order chi connectivity index (χ0) is 23.9. The predicted molar refractivity (Wildman–Crippen MR) is 133 cm³/mol. The molecule has 2 amide bonds. The second kappa shape index (κ2) is 11.7. The summed E-state index contributed by atoms with van der Waals surface area (Å²) in [5, 5.41) is 1.99. The molecule has 2 aliphatic rings. The minimum atomic E-state index is -0.212. The maximum atomic E-state index is 12.8. The Balaban J connectivity index is 1.21. The van der Waals surface area contributed by atoms with Gasteiger partial charge in [-0.2, -0.15) is 0 Å². The second-order valence-electron chi connectivity index (χ2n) is 9.11. The highest BCUT2D eigenvalue weighted by atomic mass is 32.1. The number of piperazine rings is 1. The van der Waals surface area contributed by atoms with Crippen molar-refractivity contribution in [3.8, 4) is 5.75 Å². The van der Waals surface area contributed by atoms with Gasteiger partial charge in [-0.15, -0.1) is 11.3 Å². The molecule has 0 radical (unpaired) electrons. The fourth-order valence-corrected chi connectivity index (χ4v) is 5.48. The molecule has 2 saturated heterocycles. The van der Waals surface area contributed by atoms with Gasteiger partial charge in [0.2, 0.25) is 0 Å². The number of likely N-dealkylation sites (tertiary alicyclic amines) is 1. The van der Waals surface area contributed by atoms with Crippen LogP contribution in [0.15, 0.2) is 35.7 Å². The molecule has 0 spiro atoms. The maximum absolute atomic E-state index is 12.8. The van der Waals surface area contributed by atoms with Crippen molar-refractivity contribution in [1.29, 1.82) is 0 Å². The Hall–Kier alpha value is -2.58. The summed E-state index contributed by atoms with van der Waals surface area (Å²) in [6.07, 6.45) is 1.89. The van der Waals surface area contributed by atoms with E-state index in [-0.39, 0.29) is 12.0 Å². The Morgan fingerprint density at radius 1 is 1.03 bits per heavy atom. The van der Waals surface area contributed by atoms with Gasteiger partial charge < -0.3 is 19.3 Å². The van der Waals surface area contributed by atoms with Gasteiger partial charge in [-0.05, 0) is 61.4 Å². The van der Waals surface area contributed by atoms with Gasteiger partial charge in [-0.3, -0.25) is 9.69 Å². The molecule has 0 bridgehead atoms. The molecule has 4 rings (SSSR count). The van der Waals surface area contributed by atoms with Crippen LogP contribution in [0, 0.1) is 12.8 Å². The Morgan fingerprint density at radius 3 is 2.47 bits per heavy atom. The number of piperidine rings is 1. The van der Waals surface area contributed by atoms with Crippen LogP contribution >= 0.6 is 11.3 Å². The van der Waals surface area contributed by atoms with Gasteiger partial charge in [0.05, 0.1) is 18.1 Å². The first-order chi connectivity index (χ1) is 16.5. The minimum absolute atomic E-state index is 0.157. The van der Waals surface area contributed by atoms with Crippen LogP contribution in [0.1, 0.15) is 40.6 Å². The molecule has 1 aromatic carbocycles. The molecular formula is C26H35N3O4S. The largest absolute Gasteiger partial charge is 0.493 e. The summed E-state index contributed by atoms with van der Waals surface area (Å²) in [6, 6.07) is 10.3. The van der Waals surface area contributed by atoms with E-state index in [1.54, 1.807) is 4.90 Å². The Morgan fingerprint density at radius 2 is 1.79 bits per heavy atom. The molecule has 34 heavy (non-hydrogen) atoms. The fourth-order valence-electron chi connectivity index (χ4n) is 4.59. The SMILES string of the molecule is CCOC(=O)N1CCN(Cc2ccc(OCC3CCCN(C(=O)c4sccc4C)C3)cc2)CC1. The van der Waals surface area contributed by atoms with Crippen LogP contribution in [0.2, 0.25) is 0 Å². The van der Waals surface area contributed by atoms with Gasteiger partial charge in [-0.25, -0.2) is 4.79 Å². The third-order valence-corrected chi connectivity index (χ3v) is 7.58. The van der Waals surface area contributed by atoms with Crippen molar-refractivity contribution >= 4 is 23.3 Å². The number of aryl methyl sites for hydroxylation is 1. The van der Waals surface area contributed by atoms with Crippen LogP contribution in [0.3, 0.4) is 0 Å². The zero-order valence-corrected chi connectivity index (χ0v) is 21.0. The summed E-state index contributed by atoms with van der Waals surface area (Å²) in [5.41, 5.74) is 2.30. The Kier molecular flexibility index (Phi) is 8.45. The van der Waals surface area contributed by atoms with E-state index in [4.69, 9.17) is 9.47 Å². The Bertz CT molecular complexity index is 953. The molecule has 0 N–H and O–H groups in total. The summed E-state index contributed by atoms with van der Waals surface area (Å²) in [6.45, 7) is 10.4. The van der Waals surface area contributed by atoms with E-state index in [0.29, 0.717) is 32.2 Å². The lowest BCUT2D eigenvalue weighted by Gasteiger charge is -2.34. The lowest BCUT2D eigenvalue weighted by molar-refractivity contribution is 0.0637. The van der Waals surface area contributed by atoms with Crippen LogP contribution in [0.5, 0.6) is 5.75 Å². The third-order valence-electron chi connectivity index (χ3n) is 6.58. The van der Waals surface area contributed by atoms with Gasteiger partial charge in [0.1, 0.15) is 5.75 Å². The highest BCUT2D eigenvalue weighted by molar-refractivity contribution is 7.12. The number of hydrogen-bond donors (Lipinski definition) is 0. The van der Waals surface area contributed by atoms with Gasteiger partial charge >= 0.3 is 6.09 Å². The lowest BCUT2D eigenvalue weighted by Crippen LogP contribution is -2.48. The van der Waals surface area contributed by atoms with Crippen molar-refractivity contribution in [3.63, 3.8) is 0 Å². The Labute approximate surface area is 206 Å². The number of nitrogens with zero attached hydrogens (tertiary/aromatic N) is 3. The average molecular weight is 486 g/mol. The van der Waals surface area contributed by atoms with Gasteiger partial charge in [0, 0.05) is 51.7 Å². The quantitative estimate of drug-likeness (QED) is 0.586. The number of ether oxygens (including phenoxy) is 2. The molecule has 0 saturated carbocycles. The second-order valence-corrected chi connectivity index (χ2v) is 10.0. The van der Waals surface area contributed by atoms with E-state index in [9.17, 15) is 9.59 Å². The summed E-state index contributed by atoms with van der Waals surface area (Å²) in [5.74, 6) is 1.38. The van der Waals surface area contributed by atoms with E-state index in [1.165, 1.54) is 16.9 Å². The van der Waals surface area contributed by atoms with Crippen LogP contribution in [-0.2, 0) is 11.3 Å². The van der Waals surface area contributed by atoms with Crippen LogP contribution in [0.4, 0.5) is 4.79 Å². The molecule has 2 aromatic rings.